The number of anilines is 1. The highest BCUT2D eigenvalue weighted by molar-refractivity contribution is 6.36. The van der Waals surface area contributed by atoms with Gasteiger partial charge in [-0.25, -0.2) is 18.7 Å². The molecule has 3 fully saturated rings. The van der Waals surface area contributed by atoms with Gasteiger partial charge >= 0.3 is 6.01 Å². The van der Waals surface area contributed by atoms with Crippen LogP contribution in [-0.4, -0.2) is 91.2 Å². The van der Waals surface area contributed by atoms with Crippen molar-refractivity contribution in [2.24, 2.45) is 0 Å². The molecule has 262 valence electrons. The molecular weight excluding hydrogens is 674 g/mol. The van der Waals surface area contributed by atoms with Crippen molar-refractivity contribution in [3.63, 3.8) is 0 Å². The molecule has 0 saturated carbocycles. The maximum atomic E-state index is 16.8. The molecule has 3 atom stereocenters. The molecule has 0 radical (unpaired) electrons. The number of amides is 1. The summed E-state index contributed by atoms with van der Waals surface area (Å²) in [5, 5.41) is 5.88. The molecule has 3 aliphatic heterocycles. The fourth-order valence-corrected chi connectivity index (χ4v) is 8.14. The zero-order chi connectivity index (χ0) is 35.1. The number of alkyl halides is 1. The number of rotatable bonds is 8. The highest BCUT2D eigenvalue weighted by Gasteiger charge is 2.49. The summed E-state index contributed by atoms with van der Waals surface area (Å²) in [6, 6.07) is 12.6. The molecule has 8 rings (SSSR count). The number of ether oxygens (including phenoxy) is 1. The Morgan fingerprint density at radius 2 is 1.96 bits per heavy atom. The Hall–Kier alpha value is -4.81. The van der Waals surface area contributed by atoms with Gasteiger partial charge in [-0.1, -0.05) is 41.9 Å². The lowest BCUT2D eigenvalue weighted by Gasteiger charge is -2.33. The predicted octanol–water partition coefficient (Wildman–Crippen LogP) is 6.81. The Morgan fingerprint density at radius 1 is 1.10 bits per heavy atom. The van der Waals surface area contributed by atoms with E-state index in [1.165, 1.54) is 6.08 Å². The number of fused-ring (bicyclic) bond motifs is 3. The first-order valence-electron chi connectivity index (χ1n) is 17.4. The maximum absolute atomic E-state index is 16.8. The van der Waals surface area contributed by atoms with Crippen molar-refractivity contribution in [3.05, 3.63) is 83.3 Å². The van der Waals surface area contributed by atoms with Crippen LogP contribution in [0.15, 0.2) is 60.9 Å². The highest BCUT2D eigenvalue weighted by Crippen LogP contribution is 2.41. The van der Waals surface area contributed by atoms with Crippen molar-refractivity contribution in [2.75, 3.05) is 38.1 Å². The third-order valence-corrected chi connectivity index (χ3v) is 10.6. The molecule has 13 heteroatoms. The number of carbonyl (C=O) groups is 1. The van der Waals surface area contributed by atoms with Gasteiger partial charge in [-0.3, -0.25) is 14.7 Å². The average Bonchev–Trinajstić information content (AvgIpc) is 3.66. The standard InChI is InChI=1S/C38H37ClF2N8O2/c1-23-42-15-13-26(44-23)11-12-31(50)48-16-4-8-27(21-48)45-36-29-19-43-34(28-9-2-6-24-7-3-10-30(39)32(24)28)33(41)35(29)46-37(47-36)51-22-38-14-5-17-49(38)20-25(40)18-38/h2-3,6-7,9-13,15,19,25,27H,4-5,8,14,16-18,20-22H2,1H3,(H,45,46,47)/b12-11+/t25-,27?,38+/m1/s1. The normalized spacial score (nSPS) is 22.2. The number of likely N-dealkylation sites (tertiary alicyclic amines) is 1. The van der Waals surface area contributed by atoms with E-state index in [0.717, 1.165) is 37.6 Å². The molecule has 6 heterocycles. The van der Waals surface area contributed by atoms with E-state index in [1.807, 2.05) is 24.3 Å². The Balaban J connectivity index is 1.12. The van der Waals surface area contributed by atoms with Crippen molar-refractivity contribution in [2.45, 2.75) is 56.8 Å². The lowest BCUT2D eigenvalue weighted by atomic mass is 9.95. The molecule has 0 aliphatic carbocycles. The Labute approximate surface area is 298 Å². The van der Waals surface area contributed by atoms with E-state index < -0.39 is 17.5 Å². The van der Waals surface area contributed by atoms with Crippen LogP contribution in [0.3, 0.4) is 0 Å². The summed E-state index contributed by atoms with van der Waals surface area (Å²) >= 11 is 6.62. The molecule has 3 aromatic heterocycles. The number of aromatic nitrogens is 5. The van der Waals surface area contributed by atoms with Gasteiger partial charge in [-0.15, -0.1) is 0 Å². The van der Waals surface area contributed by atoms with Crippen LogP contribution < -0.4 is 10.1 Å². The molecule has 51 heavy (non-hydrogen) atoms. The smallest absolute Gasteiger partial charge is 0.319 e. The van der Waals surface area contributed by atoms with Crippen LogP contribution in [-0.2, 0) is 4.79 Å². The minimum atomic E-state index is -0.917. The molecule has 5 aromatic rings. The van der Waals surface area contributed by atoms with Gasteiger partial charge in [-0.05, 0) is 62.7 Å². The first kappa shape index (κ1) is 33.3. The maximum Gasteiger partial charge on any atom is 0.319 e. The monoisotopic (exact) mass is 710 g/mol. The predicted molar refractivity (Wildman–Crippen MR) is 193 cm³/mol. The van der Waals surface area contributed by atoms with Gasteiger partial charge in [0.2, 0.25) is 5.91 Å². The van der Waals surface area contributed by atoms with Gasteiger partial charge in [0.15, 0.2) is 5.82 Å². The second-order valence-corrected chi connectivity index (χ2v) is 14.1. The molecule has 1 unspecified atom stereocenters. The molecule has 1 amide bonds. The fourth-order valence-electron chi connectivity index (χ4n) is 7.86. The second-order valence-electron chi connectivity index (χ2n) is 13.7. The van der Waals surface area contributed by atoms with E-state index >= 15 is 4.39 Å². The van der Waals surface area contributed by atoms with Crippen LogP contribution in [0, 0.1) is 12.7 Å². The number of aryl methyl sites for hydroxylation is 1. The van der Waals surface area contributed by atoms with Gasteiger partial charge in [0.1, 0.15) is 35.6 Å². The highest BCUT2D eigenvalue weighted by atomic mass is 35.5. The topological polar surface area (TPSA) is 109 Å². The molecule has 3 saturated heterocycles. The number of halogens is 3. The Bertz CT molecular complexity index is 2160. The van der Waals surface area contributed by atoms with Crippen molar-refractivity contribution in [3.8, 4) is 17.3 Å². The molecular formula is C38H37ClF2N8O2. The van der Waals surface area contributed by atoms with Crippen molar-refractivity contribution < 1.29 is 18.3 Å². The number of hydrogen-bond acceptors (Lipinski definition) is 9. The molecule has 0 spiro atoms. The van der Waals surface area contributed by atoms with Gasteiger partial charge in [0.05, 0.1) is 16.6 Å². The molecule has 0 bridgehead atoms. The van der Waals surface area contributed by atoms with Crippen LogP contribution in [0.2, 0.25) is 5.02 Å². The van der Waals surface area contributed by atoms with Gasteiger partial charge in [0, 0.05) is 66.5 Å². The van der Waals surface area contributed by atoms with Gasteiger partial charge < -0.3 is 15.0 Å². The van der Waals surface area contributed by atoms with Crippen LogP contribution >= 0.6 is 11.6 Å². The number of carbonyl (C=O) groups excluding carboxylic acids is 1. The second kappa shape index (κ2) is 13.7. The van der Waals surface area contributed by atoms with E-state index in [9.17, 15) is 9.18 Å². The molecule has 10 nitrogen and oxygen atoms in total. The quantitative estimate of drug-likeness (QED) is 0.174. The summed E-state index contributed by atoms with van der Waals surface area (Å²) < 4.78 is 37.6. The zero-order valence-electron chi connectivity index (χ0n) is 28.2. The summed E-state index contributed by atoms with van der Waals surface area (Å²) in [4.78, 5) is 39.5. The Kier molecular flexibility index (Phi) is 8.97. The van der Waals surface area contributed by atoms with E-state index in [-0.39, 0.29) is 35.8 Å². The third-order valence-electron chi connectivity index (χ3n) is 10.3. The lowest BCUT2D eigenvalue weighted by Crippen LogP contribution is -2.44. The van der Waals surface area contributed by atoms with Crippen molar-refractivity contribution >= 4 is 51.1 Å². The molecule has 3 aliphatic rings. The number of nitrogens with zero attached hydrogens (tertiary/aromatic N) is 7. The average molecular weight is 711 g/mol. The summed E-state index contributed by atoms with van der Waals surface area (Å²) in [7, 11) is 0. The number of pyridine rings is 1. The Morgan fingerprint density at radius 3 is 2.82 bits per heavy atom. The molecule has 2 aromatic carbocycles. The zero-order valence-corrected chi connectivity index (χ0v) is 28.9. The summed E-state index contributed by atoms with van der Waals surface area (Å²) in [5.74, 6) is 0.210. The SMILES string of the molecule is Cc1nccc(/C=C/C(=O)N2CCCC(Nc3nc(OC[C@@]45CCCN4C[C@H](F)C5)nc4c(F)c(-c5cccc6cccc(Cl)c56)ncc34)C2)n1. The molecule has 1 N–H and O–H groups in total. The minimum Gasteiger partial charge on any atom is -0.461 e. The van der Waals surface area contributed by atoms with E-state index in [2.05, 4.69) is 30.2 Å². The summed E-state index contributed by atoms with van der Waals surface area (Å²) in [6.45, 7) is 4.21. The van der Waals surface area contributed by atoms with Crippen LogP contribution in [0.5, 0.6) is 6.01 Å². The number of hydrogen-bond donors (Lipinski definition) is 1. The largest absolute Gasteiger partial charge is 0.461 e. The van der Waals surface area contributed by atoms with Crippen molar-refractivity contribution in [1.29, 1.82) is 0 Å². The van der Waals surface area contributed by atoms with E-state index in [4.69, 9.17) is 21.3 Å². The van der Waals surface area contributed by atoms with E-state index in [0.29, 0.717) is 64.7 Å². The first-order chi connectivity index (χ1) is 24.8. The van der Waals surface area contributed by atoms with Crippen LogP contribution in [0.1, 0.15) is 43.6 Å². The number of benzene rings is 2. The van der Waals surface area contributed by atoms with E-state index in [1.54, 1.807) is 48.5 Å². The summed E-state index contributed by atoms with van der Waals surface area (Å²) in [5.41, 5.74) is 0.907. The van der Waals surface area contributed by atoms with Crippen molar-refractivity contribution in [1.82, 2.24) is 34.7 Å². The van der Waals surface area contributed by atoms with Crippen LogP contribution in [0.25, 0.3) is 39.0 Å². The van der Waals surface area contributed by atoms with Gasteiger partial charge in [-0.2, -0.15) is 9.97 Å². The van der Waals surface area contributed by atoms with Crippen LogP contribution in [0.4, 0.5) is 14.6 Å². The first-order valence-corrected chi connectivity index (χ1v) is 17.7. The summed E-state index contributed by atoms with van der Waals surface area (Å²) in [6.07, 6.45) is 9.19. The van der Waals surface area contributed by atoms with Gasteiger partial charge in [0.25, 0.3) is 0 Å². The third kappa shape index (κ3) is 6.58. The number of piperidine rings is 1. The fraction of sp³-hybridized carbons (Fsp3) is 0.368. The number of nitrogens with one attached hydrogen (secondary N) is 1. The lowest BCUT2D eigenvalue weighted by molar-refractivity contribution is -0.126. The minimum absolute atomic E-state index is 0.00708.